The number of carboxylic acids is 1. The Bertz CT molecular complexity index is 438. The van der Waals surface area contributed by atoms with Crippen molar-refractivity contribution in [1.82, 2.24) is 0 Å². The Labute approximate surface area is 134 Å². The van der Waals surface area contributed by atoms with Gasteiger partial charge in [-0.2, -0.15) is 0 Å². The first kappa shape index (κ1) is 17.6. The zero-order valence-electron chi connectivity index (χ0n) is 13.6. The van der Waals surface area contributed by atoms with Crippen molar-refractivity contribution in [3.8, 4) is 0 Å². The molecule has 2 fully saturated rings. The Morgan fingerprint density at radius 3 is 2.50 bits per heavy atom. The van der Waals surface area contributed by atoms with Crippen LogP contribution in [0.5, 0.6) is 0 Å². The minimum Gasteiger partial charge on any atom is -0.478 e. The molecule has 124 valence electrons. The van der Waals surface area contributed by atoms with E-state index in [0.717, 1.165) is 32.1 Å². The highest BCUT2D eigenvalue weighted by Crippen LogP contribution is 2.53. The molecule has 3 atom stereocenters. The third kappa shape index (κ3) is 4.89. The fourth-order valence-electron chi connectivity index (χ4n) is 3.41. The Morgan fingerprint density at radius 2 is 2.00 bits per heavy atom. The van der Waals surface area contributed by atoms with E-state index in [1.165, 1.54) is 12.8 Å². The first-order valence-electron chi connectivity index (χ1n) is 8.38. The SMILES string of the molecule is CC1(C)CC1CCOC([PH+]=O)/C(=C/C1CCCCC1)C(=O)O. The van der Waals surface area contributed by atoms with E-state index in [9.17, 15) is 14.5 Å². The second-order valence-corrected chi connectivity index (χ2v) is 8.13. The molecule has 0 aliphatic heterocycles. The maximum atomic E-state index is 11.5. The fourth-order valence-corrected chi connectivity index (χ4v) is 3.94. The molecule has 5 heteroatoms. The van der Waals surface area contributed by atoms with Crippen molar-refractivity contribution in [2.45, 2.75) is 64.6 Å². The summed E-state index contributed by atoms with van der Waals surface area (Å²) >= 11 is 0. The topological polar surface area (TPSA) is 63.6 Å². The molecule has 2 aliphatic rings. The van der Waals surface area contributed by atoms with Crippen molar-refractivity contribution in [3.63, 3.8) is 0 Å². The Morgan fingerprint density at radius 1 is 1.36 bits per heavy atom. The molecule has 0 aromatic rings. The van der Waals surface area contributed by atoms with E-state index in [1.807, 2.05) is 0 Å². The average molecular weight is 327 g/mol. The van der Waals surface area contributed by atoms with Gasteiger partial charge in [-0.1, -0.05) is 43.8 Å². The number of carbonyl (C=O) groups is 1. The highest BCUT2D eigenvalue weighted by molar-refractivity contribution is 7.25. The number of ether oxygens (including phenoxy) is 1. The normalized spacial score (nSPS) is 26.8. The van der Waals surface area contributed by atoms with Gasteiger partial charge in [0, 0.05) is 0 Å². The lowest BCUT2D eigenvalue weighted by atomic mass is 9.88. The lowest BCUT2D eigenvalue weighted by Crippen LogP contribution is -2.19. The van der Waals surface area contributed by atoms with Crippen LogP contribution in [0.4, 0.5) is 0 Å². The Kier molecular flexibility index (Phi) is 6.17. The smallest absolute Gasteiger partial charge is 0.361 e. The van der Waals surface area contributed by atoms with E-state index >= 15 is 0 Å². The van der Waals surface area contributed by atoms with Gasteiger partial charge in [0.1, 0.15) is 5.57 Å². The van der Waals surface area contributed by atoms with E-state index in [1.54, 1.807) is 6.08 Å². The Hall–Kier alpha value is -0.730. The van der Waals surface area contributed by atoms with Crippen LogP contribution in [-0.4, -0.2) is 23.5 Å². The molecule has 0 amide bonds. The van der Waals surface area contributed by atoms with Crippen molar-refractivity contribution in [3.05, 3.63) is 11.6 Å². The molecule has 0 spiro atoms. The standard InChI is InChI=1S/C17H27O4P/c1-17(2)11-13(17)8-9-21-16(22-20)14(15(18)19)10-12-6-4-3-5-7-12/h10,12-13,16H,3-9,11H2,1-2H3,(H,18,19)/p+1/b14-10+. The monoisotopic (exact) mass is 327 g/mol. The van der Waals surface area contributed by atoms with Crippen molar-refractivity contribution >= 4 is 14.4 Å². The van der Waals surface area contributed by atoms with E-state index in [0.29, 0.717) is 23.9 Å². The first-order chi connectivity index (χ1) is 10.4. The largest absolute Gasteiger partial charge is 0.478 e. The summed E-state index contributed by atoms with van der Waals surface area (Å²) < 4.78 is 17.1. The fraction of sp³-hybridized carbons (Fsp3) is 0.824. The predicted octanol–water partition coefficient (Wildman–Crippen LogP) is 4.38. The van der Waals surface area contributed by atoms with Crippen LogP contribution >= 0.6 is 8.46 Å². The second-order valence-electron chi connectivity index (χ2n) is 7.37. The van der Waals surface area contributed by atoms with Crippen LogP contribution < -0.4 is 0 Å². The highest BCUT2D eigenvalue weighted by Gasteiger charge is 2.45. The van der Waals surface area contributed by atoms with Crippen molar-refractivity contribution in [2.75, 3.05) is 6.61 Å². The lowest BCUT2D eigenvalue weighted by molar-refractivity contribution is -0.133. The van der Waals surface area contributed by atoms with Crippen LogP contribution in [0, 0.1) is 17.3 Å². The van der Waals surface area contributed by atoms with Gasteiger partial charge >= 0.3 is 14.4 Å². The van der Waals surface area contributed by atoms with E-state index in [2.05, 4.69) is 13.8 Å². The highest BCUT2D eigenvalue weighted by atomic mass is 31.1. The van der Waals surface area contributed by atoms with Crippen LogP contribution in [0.2, 0.25) is 0 Å². The molecule has 2 rings (SSSR count). The summed E-state index contributed by atoms with van der Waals surface area (Å²) in [5.74, 6) is -0.824. The van der Waals surface area contributed by atoms with Crippen LogP contribution in [0.1, 0.15) is 58.8 Å². The maximum Gasteiger partial charge on any atom is 0.361 e. The number of allylic oxidation sites excluding steroid dienone is 1. The average Bonchev–Trinajstić information content (AvgIpc) is 3.10. The van der Waals surface area contributed by atoms with Gasteiger partial charge in [0.2, 0.25) is 0 Å². The summed E-state index contributed by atoms with van der Waals surface area (Å²) in [5.41, 5.74) is 0.585. The molecule has 4 nitrogen and oxygen atoms in total. The third-order valence-corrected chi connectivity index (χ3v) is 5.86. The van der Waals surface area contributed by atoms with Gasteiger partial charge in [-0.05, 0) is 42.9 Å². The van der Waals surface area contributed by atoms with E-state index in [-0.39, 0.29) is 5.57 Å². The maximum absolute atomic E-state index is 11.5. The number of aliphatic carboxylic acids is 1. The molecule has 0 bridgehead atoms. The van der Waals surface area contributed by atoms with E-state index < -0.39 is 20.3 Å². The van der Waals surface area contributed by atoms with Gasteiger partial charge in [-0.3, -0.25) is 0 Å². The van der Waals surface area contributed by atoms with Crippen molar-refractivity contribution < 1.29 is 19.2 Å². The zero-order chi connectivity index (χ0) is 16.2. The van der Waals surface area contributed by atoms with E-state index in [4.69, 9.17) is 4.74 Å². The number of hydrogen-bond acceptors (Lipinski definition) is 3. The van der Waals surface area contributed by atoms with Gasteiger partial charge < -0.3 is 9.84 Å². The van der Waals surface area contributed by atoms with Crippen molar-refractivity contribution in [2.24, 2.45) is 17.3 Å². The number of carboxylic acid groups (broad SMARTS) is 1. The van der Waals surface area contributed by atoms with Crippen LogP contribution in [-0.2, 0) is 14.1 Å². The molecular weight excluding hydrogens is 299 g/mol. The molecule has 0 heterocycles. The van der Waals surface area contributed by atoms with Gasteiger partial charge in [-0.15, -0.1) is 0 Å². The number of hydrogen-bond donors (Lipinski definition) is 1. The molecule has 0 aromatic carbocycles. The summed E-state index contributed by atoms with van der Waals surface area (Å²) in [5, 5.41) is 9.43. The van der Waals surface area contributed by atoms with Gasteiger partial charge in [0.25, 0.3) is 5.85 Å². The minimum atomic E-state index is -0.995. The molecule has 0 aromatic heterocycles. The summed E-state index contributed by atoms with van der Waals surface area (Å²) in [7, 11) is -0.768. The summed E-state index contributed by atoms with van der Waals surface area (Å²) in [6.45, 7) is 4.95. The summed E-state index contributed by atoms with van der Waals surface area (Å²) in [4.78, 5) is 11.5. The molecular formula is C17H28O4P+. The molecule has 0 saturated heterocycles. The molecule has 22 heavy (non-hydrogen) atoms. The second kappa shape index (κ2) is 7.70. The number of rotatable bonds is 8. The molecule has 1 N–H and O–H groups in total. The van der Waals surface area contributed by atoms with Gasteiger partial charge in [0.05, 0.1) is 6.61 Å². The minimum absolute atomic E-state index is 0.190. The molecule has 3 unspecified atom stereocenters. The molecule has 2 aliphatic carbocycles. The third-order valence-electron chi connectivity index (χ3n) is 5.17. The summed E-state index contributed by atoms with van der Waals surface area (Å²) in [6, 6.07) is 0. The first-order valence-corrected chi connectivity index (χ1v) is 9.37. The Balaban J connectivity index is 1.90. The quantitative estimate of drug-likeness (QED) is 0.531. The lowest BCUT2D eigenvalue weighted by Gasteiger charge is -2.19. The van der Waals surface area contributed by atoms with Crippen LogP contribution in [0.3, 0.4) is 0 Å². The van der Waals surface area contributed by atoms with Gasteiger partial charge in [0.15, 0.2) is 0 Å². The molecule has 2 saturated carbocycles. The van der Waals surface area contributed by atoms with Crippen LogP contribution in [0.25, 0.3) is 0 Å². The summed E-state index contributed by atoms with van der Waals surface area (Å²) in [6.07, 6.45) is 9.51. The molecule has 0 radical (unpaired) electrons. The predicted molar refractivity (Wildman–Crippen MR) is 87.5 cm³/mol. The van der Waals surface area contributed by atoms with Crippen molar-refractivity contribution in [1.29, 1.82) is 0 Å². The zero-order valence-corrected chi connectivity index (χ0v) is 14.6. The van der Waals surface area contributed by atoms with Gasteiger partial charge in [-0.25, -0.2) is 4.79 Å². The van der Waals surface area contributed by atoms with Crippen LogP contribution in [0.15, 0.2) is 11.6 Å².